The van der Waals surface area contributed by atoms with Crippen LogP contribution in [0.1, 0.15) is 16.2 Å². The largest absolute Gasteiger partial charge is 0.345 e. The van der Waals surface area contributed by atoms with Gasteiger partial charge in [0.2, 0.25) is 0 Å². The van der Waals surface area contributed by atoms with Crippen molar-refractivity contribution in [2.75, 3.05) is 0 Å². The topological polar surface area (TPSA) is 59.3 Å². The number of carbonyl (C=O) groups is 1. The number of pyridine rings is 1. The summed E-state index contributed by atoms with van der Waals surface area (Å²) in [4.78, 5) is 22.1. The second-order valence-electron chi connectivity index (χ2n) is 5.27. The summed E-state index contributed by atoms with van der Waals surface area (Å²) in [5.41, 5.74) is 3.31. The van der Waals surface area contributed by atoms with Crippen molar-refractivity contribution in [2.24, 2.45) is 0 Å². The van der Waals surface area contributed by atoms with E-state index in [1.54, 1.807) is 6.20 Å². The molecule has 0 bridgehead atoms. The van der Waals surface area contributed by atoms with Gasteiger partial charge in [-0.25, -0.2) is 4.98 Å². The van der Waals surface area contributed by atoms with E-state index in [2.05, 4.69) is 15.3 Å². The zero-order valence-corrected chi connectivity index (χ0v) is 13.5. The van der Waals surface area contributed by atoms with Crippen molar-refractivity contribution >= 4 is 22.2 Å². The Labute approximate surface area is 142 Å². The number of thiazole rings is 1. The van der Waals surface area contributed by atoms with Crippen LogP contribution >= 0.6 is 11.3 Å². The predicted octanol–water partition coefficient (Wildman–Crippen LogP) is 3.39. The van der Waals surface area contributed by atoms with Crippen molar-refractivity contribution < 1.29 is 4.79 Å². The van der Waals surface area contributed by atoms with Crippen LogP contribution in [0.4, 0.5) is 0 Å². The van der Waals surface area contributed by atoms with Gasteiger partial charge in [-0.3, -0.25) is 14.2 Å². The molecule has 0 aliphatic heterocycles. The predicted molar refractivity (Wildman–Crippen MR) is 93.9 cm³/mol. The monoisotopic (exact) mass is 334 g/mol. The molecule has 0 aliphatic rings. The minimum Gasteiger partial charge on any atom is -0.345 e. The van der Waals surface area contributed by atoms with Gasteiger partial charge in [-0.15, -0.1) is 11.3 Å². The van der Waals surface area contributed by atoms with Crippen molar-refractivity contribution in [3.05, 3.63) is 77.7 Å². The van der Waals surface area contributed by atoms with Crippen molar-refractivity contribution in [1.82, 2.24) is 19.7 Å². The van der Waals surface area contributed by atoms with Gasteiger partial charge >= 0.3 is 0 Å². The Kier molecular flexibility index (Phi) is 3.80. The van der Waals surface area contributed by atoms with Gasteiger partial charge in [0, 0.05) is 23.3 Å². The highest BCUT2D eigenvalue weighted by molar-refractivity contribution is 7.15. The number of benzene rings is 1. The Morgan fingerprint density at radius 3 is 2.75 bits per heavy atom. The van der Waals surface area contributed by atoms with Crippen LogP contribution < -0.4 is 5.32 Å². The third kappa shape index (κ3) is 2.79. The SMILES string of the molecule is O=C(NCc1ccccn1)c1csc2nc(-c3ccccc3)cn12. The van der Waals surface area contributed by atoms with Crippen molar-refractivity contribution in [3.8, 4) is 11.3 Å². The molecular formula is C18H14N4OS. The summed E-state index contributed by atoms with van der Waals surface area (Å²) >= 11 is 1.45. The van der Waals surface area contributed by atoms with Crippen molar-refractivity contribution in [3.63, 3.8) is 0 Å². The van der Waals surface area contributed by atoms with E-state index in [-0.39, 0.29) is 5.91 Å². The third-order valence-corrected chi connectivity index (χ3v) is 4.51. The van der Waals surface area contributed by atoms with E-state index >= 15 is 0 Å². The first-order valence-electron chi connectivity index (χ1n) is 7.51. The lowest BCUT2D eigenvalue weighted by Gasteiger charge is -2.03. The van der Waals surface area contributed by atoms with E-state index in [0.29, 0.717) is 12.2 Å². The number of fused-ring (bicyclic) bond motifs is 1. The Morgan fingerprint density at radius 1 is 1.12 bits per heavy atom. The van der Waals surface area contributed by atoms with Crippen LogP contribution in [-0.2, 0) is 6.54 Å². The lowest BCUT2D eigenvalue weighted by atomic mass is 10.2. The summed E-state index contributed by atoms with van der Waals surface area (Å²) in [6, 6.07) is 15.6. The molecule has 0 fully saturated rings. The number of aromatic nitrogens is 3. The molecule has 4 rings (SSSR count). The van der Waals surface area contributed by atoms with E-state index in [1.807, 2.05) is 64.5 Å². The fourth-order valence-electron chi connectivity index (χ4n) is 2.46. The number of hydrogen-bond donors (Lipinski definition) is 1. The molecule has 6 heteroatoms. The van der Waals surface area contributed by atoms with Crippen LogP contribution in [0.5, 0.6) is 0 Å². The Bertz CT molecular complexity index is 976. The zero-order valence-electron chi connectivity index (χ0n) is 12.7. The zero-order chi connectivity index (χ0) is 16.4. The lowest BCUT2D eigenvalue weighted by molar-refractivity contribution is 0.0945. The van der Waals surface area contributed by atoms with Gasteiger partial charge in [0.1, 0.15) is 5.69 Å². The molecule has 1 N–H and O–H groups in total. The number of imidazole rings is 1. The molecule has 0 atom stereocenters. The van der Waals surface area contributed by atoms with Gasteiger partial charge in [-0.05, 0) is 12.1 Å². The summed E-state index contributed by atoms with van der Waals surface area (Å²) in [6.45, 7) is 0.400. The van der Waals surface area contributed by atoms with Crippen LogP contribution in [0.2, 0.25) is 0 Å². The minimum absolute atomic E-state index is 0.135. The fourth-order valence-corrected chi connectivity index (χ4v) is 3.31. The molecule has 4 aromatic rings. The summed E-state index contributed by atoms with van der Waals surface area (Å²) in [5.74, 6) is -0.135. The number of nitrogens with one attached hydrogen (secondary N) is 1. The summed E-state index contributed by atoms with van der Waals surface area (Å²) in [5, 5.41) is 4.72. The molecule has 0 saturated heterocycles. The summed E-state index contributed by atoms with van der Waals surface area (Å²) in [7, 11) is 0. The Balaban J connectivity index is 1.58. The highest BCUT2D eigenvalue weighted by Gasteiger charge is 2.15. The molecule has 0 unspecified atom stereocenters. The van der Waals surface area contributed by atoms with Crippen LogP contribution in [0, 0.1) is 0 Å². The average molecular weight is 334 g/mol. The first-order chi connectivity index (χ1) is 11.8. The molecule has 0 spiro atoms. The van der Waals surface area contributed by atoms with Gasteiger partial charge in [-0.2, -0.15) is 0 Å². The van der Waals surface area contributed by atoms with E-state index in [1.165, 1.54) is 11.3 Å². The van der Waals surface area contributed by atoms with Gasteiger partial charge in [0.05, 0.1) is 17.9 Å². The molecule has 24 heavy (non-hydrogen) atoms. The number of carbonyl (C=O) groups excluding carboxylic acids is 1. The quantitative estimate of drug-likeness (QED) is 0.622. The molecule has 3 aromatic heterocycles. The molecule has 1 amide bonds. The van der Waals surface area contributed by atoms with Gasteiger partial charge in [-0.1, -0.05) is 36.4 Å². The van der Waals surface area contributed by atoms with Gasteiger partial charge in [0.25, 0.3) is 5.91 Å². The van der Waals surface area contributed by atoms with E-state index in [0.717, 1.165) is 21.9 Å². The second kappa shape index (κ2) is 6.25. The molecule has 1 aromatic carbocycles. The fraction of sp³-hybridized carbons (Fsp3) is 0.0556. The summed E-state index contributed by atoms with van der Waals surface area (Å²) in [6.07, 6.45) is 3.61. The standard InChI is InChI=1S/C18H14N4OS/c23-17(20-10-14-8-4-5-9-19-14)16-12-24-18-21-15(11-22(16)18)13-6-2-1-3-7-13/h1-9,11-12H,10H2,(H,20,23). The first-order valence-corrected chi connectivity index (χ1v) is 8.39. The Hall–Kier alpha value is -2.99. The van der Waals surface area contributed by atoms with E-state index in [9.17, 15) is 4.79 Å². The first kappa shape index (κ1) is 14.6. The normalized spacial score (nSPS) is 10.8. The smallest absolute Gasteiger partial charge is 0.269 e. The second-order valence-corrected chi connectivity index (χ2v) is 6.11. The number of hydrogen-bond acceptors (Lipinski definition) is 4. The van der Waals surface area contributed by atoms with Gasteiger partial charge in [0.15, 0.2) is 4.96 Å². The van der Waals surface area contributed by atoms with Crippen LogP contribution in [0.15, 0.2) is 66.3 Å². The maximum absolute atomic E-state index is 12.5. The summed E-state index contributed by atoms with van der Waals surface area (Å²) < 4.78 is 1.83. The van der Waals surface area contributed by atoms with Crippen LogP contribution in [0.3, 0.4) is 0 Å². The number of amides is 1. The Morgan fingerprint density at radius 2 is 1.96 bits per heavy atom. The maximum atomic E-state index is 12.5. The average Bonchev–Trinajstić information content (AvgIpc) is 3.22. The molecule has 3 heterocycles. The van der Waals surface area contributed by atoms with Gasteiger partial charge < -0.3 is 5.32 Å². The molecule has 0 aliphatic carbocycles. The lowest BCUT2D eigenvalue weighted by Crippen LogP contribution is -2.24. The number of rotatable bonds is 4. The highest BCUT2D eigenvalue weighted by Crippen LogP contribution is 2.23. The van der Waals surface area contributed by atoms with E-state index in [4.69, 9.17) is 0 Å². The maximum Gasteiger partial charge on any atom is 0.269 e. The highest BCUT2D eigenvalue weighted by atomic mass is 32.1. The third-order valence-electron chi connectivity index (χ3n) is 3.67. The number of nitrogens with zero attached hydrogens (tertiary/aromatic N) is 3. The van der Waals surface area contributed by atoms with Crippen LogP contribution in [0.25, 0.3) is 16.2 Å². The van der Waals surface area contributed by atoms with Crippen LogP contribution in [-0.4, -0.2) is 20.3 Å². The molecular weight excluding hydrogens is 320 g/mol. The van der Waals surface area contributed by atoms with Crippen molar-refractivity contribution in [1.29, 1.82) is 0 Å². The van der Waals surface area contributed by atoms with Crippen molar-refractivity contribution in [2.45, 2.75) is 6.54 Å². The molecule has 0 radical (unpaired) electrons. The molecule has 5 nitrogen and oxygen atoms in total. The minimum atomic E-state index is -0.135. The molecule has 118 valence electrons. The molecule has 0 saturated carbocycles. The van der Waals surface area contributed by atoms with E-state index < -0.39 is 0 Å².